The number of benzene rings is 1. The molecular formula is C14H23Cl2NO2. The van der Waals surface area contributed by atoms with Gasteiger partial charge in [0.2, 0.25) is 0 Å². The van der Waals surface area contributed by atoms with Crippen molar-refractivity contribution in [1.29, 1.82) is 0 Å². The first-order chi connectivity index (χ1) is 8.72. The Bertz CT molecular complexity index is 373. The molecule has 0 spiro atoms. The summed E-state index contributed by atoms with van der Waals surface area (Å²) in [7, 11) is 1.64. The molecule has 1 aromatic carbocycles. The first-order valence-corrected chi connectivity index (χ1v) is 6.80. The van der Waals surface area contributed by atoms with Gasteiger partial charge in [0.1, 0.15) is 0 Å². The van der Waals surface area contributed by atoms with Crippen molar-refractivity contribution >= 4 is 24.0 Å². The van der Waals surface area contributed by atoms with Crippen LogP contribution in [0.1, 0.15) is 32.3 Å². The van der Waals surface area contributed by atoms with Gasteiger partial charge in [-0.05, 0) is 31.0 Å². The molecule has 0 fully saturated rings. The lowest BCUT2D eigenvalue weighted by Gasteiger charge is -2.13. The predicted molar refractivity (Wildman–Crippen MR) is 83.0 cm³/mol. The van der Waals surface area contributed by atoms with Crippen LogP contribution in [0.2, 0.25) is 5.02 Å². The molecule has 0 aliphatic rings. The average Bonchev–Trinajstić information content (AvgIpc) is 2.38. The van der Waals surface area contributed by atoms with Gasteiger partial charge in [-0.25, -0.2) is 0 Å². The average molecular weight is 308 g/mol. The highest BCUT2D eigenvalue weighted by Gasteiger charge is 2.10. The largest absolute Gasteiger partial charge is 0.493 e. The van der Waals surface area contributed by atoms with Crippen LogP contribution in [-0.4, -0.2) is 20.3 Å². The topological polar surface area (TPSA) is 30.5 Å². The van der Waals surface area contributed by atoms with Crippen molar-refractivity contribution < 1.29 is 9.47 Å². The molecule has 1 N–H and O–H groups in total. The molecular weight excluding hydrogens is 285 g/mol. The second kappa shape index (κ2) is 10.2. The van der Waals surface area contributed by atoms with Crippen molar-refractivity contribution in [2.24, 2.45) is 0 Å². The Kier molecular flexibility index (Phi) is 9.84. The summed E-state index contributed by atoms with van der Waals surface area (Å²) in [6.07, 6.45) is 2.06. The van der Waals surface area contributed by atoms with Crippen LogP contribution < -0.4 is 14.8 Å². The lowest BCUT2D eigenvalue weighted by atomic mass is 10.2. The molecule has 0 heterocycles. The molecule has 3 nitrogen and oxygen atoms in total. The summed E-state index contributed by atoms with van der Waals surface area (Å²) in [5, 5.41) is 4.04. The Labute approximate surface area is 127 Å². The second-order valence-electron chi connectivity index (χ2n) is 4.12. The second-order valence-corrected chi connectivity index (χ2v) is 4.53. The highest BCUT2D eigenvalue weighted by atomic mass is 35.5. The van der Waals surface area contributed by atoms with Crippen LogP contribution in [0.4, 0.5) is 0 Å². The quantitative estimate of drug-likeness (QED) is 0.735. The zero-order chi connectivity index (χ0) is 13.4. The fraction of sp³-hybridized carbons (Fsp3) is 0.571. The summed E-state index contributed by atoms with van der Waals surface area (Å²) in [4.78, 5) is 0. The van der Waals surface area contributed by atoms with Crippen molar-refractivity contribution in [2.45, 2.75) is 33.2 Å². The molecule has 0 saturated carbocycles. The van der Waals surface area contributed by atoms with Gasteiger partial charge >= 0.3 is 0 Å². The van der Waals surface area contributed by atoms with E-state index in [2.05, 4.69) is 19.2 Å². The Balaban J connectivity index is 0.00000324. The van der Waals surface area contributed by atoms with Crippen LogP contribution in [-0.2, 0) is 6.54 Å². The molecule has 0 amide bonds. The van der Waals surface area contributed by atoms with Gasteiger partial charge in [-0.3, -0.25) is 0 Å². The molecule has 1 rings (SSSR count). The third-order valence-electron chi connectivity index (χ3n) is 2.54. The summed E-state index contributed by atoms with van der Waals surface area (Å²) < 4.78 is 10.9. The normalized spacial score (nSPS) is 9.89. The molecule has 0 atom stereocenters. The zero-order valence-electron chi connectivity index (χ0n) is 11.8. The molecule has 0 saturated heterocycles. The Morgan fingerprint density at radius 3 is 2.47 bits per heavy atom. The monoisotopic (exact) mass is 307 g/mol. The third kappa shape index (κ3) is 5.89. The smallest absolute Gasteiger partial charge is 0.162 e. The summed E-state index contributed by atoms with van der Waals surface area (Å²) in [5.41, 5.74) is 1.03. The van der Waals surface area contributed by atoms with Crippen molar-refractivity contribution in [3.63, 3.8) is 0 Å². The van der Waals surface area contributed by atoms with E-state index in [1.165, 1.54) is 0 Å². The van der Waals surface area contributed by atoms with Gasteiger partial charge < -0.3 is 14.8 Å². The van der Waals surface area contributed by atoms with Crippen molar-refractivity contribution in [3.05, 3.63) is 22.7 Å². The number of methoxy groups -OCH3 is 1. The van der Waals surface area contributed by atoms with Gasteiger partial charge in [0, 0.05) is 17.6 Å². The van der Waals surface area contributed by atoms with Crippen molar-refractivity contribution in [2.75, 3.05) is 20.3 Å². The summed E-state index contributed by atoms with van der Waals surface area (Å²) in [6.45, 7) is 6.60. The third-order valence-corrected chi connectivity index (χ3v) is 2.89. The number of ether oxygens (including phenoxy) is 2. The maximum Gasteiger partial charge on any atom is 0.162 e. The van der Waals surface area contributed by atoms with E-state index in [1.54, 1.807) is 7.11 Å². The maximum absolute atomic E-state index is 6.24. The lowest BCUT2D eigenvalue weighted by molar-refractivity contribution is 0.294. The van der Waals surface area contributed by atoms with Crippen molar-refractivity contribution in [3.8, 4) is 11.5 Å². The van der Waals surface area contributed by atoms with E-state index < -0.39 is 0 Å². The molecule has 0 aliphatic heterocycles. The van der Waals surface area contributed by atoms with Gasteiger partial charge in [0.05, 0.1) is 13.7 Å². The van der Waals surface area contributed by atoms with Crippen LogP contribution in [0.15, 0.2) is 12.1 Å². The van der Waals surface area contributed by atoms with Crippen molar-refractivity contribution in [1.82, 2.24) is 5.32 Å². The van der Waals surface area contributed by atoms with Gasteiger partial charge in [0.25, 0.3) is 0 Å². The minimum absolute atomic E-state index is 0. The molecule has 0 aromatic heterocycles. The van der Waals surface area contributed by atoms with Gasteiger partial charge in [-0.1, -0.05) is 25.4 Å². The van der Waals surface area contributed by atoms with Crippen LogP contribution in [0.25, 0.3) is 0 Å². The van der Waals surface area contributed by atoms with Crippen LogP contribution in [0, 0.1) is 0 Å². The van der Waals surface area contributed by atoms with Crippen LogP contribution in [0.3, 0.4) is 0 Å². The van der Waals surface area contributed by atoms with Gasteiger partial charge in [-0.2, -0.15) is 0 Å². The molecule has 1 aromatic rings. The van der Waals surface area contributed by atoms with E-state index in [4.69, 9.17) is 21.1 Å². The highest BCUT2D eigenvalue weighted by Crippen LogP contribution is 2.33. The number of halogens is 2. The molecule has 0 aliphatic carbocycles. The van der Waals surface area contributed by atoms with E-state index in [0.717, 1.165) is 37.2 Å². The van der Waals surface area contributed by atoms with E-state index in [9.17, 15) is 0 Å². The number of rotatable bonds is 8. The molecule has 0 bridgehead atoms. The summed E-state index contributed by atoms with van der Waals surface area (Å²) >= 11 is 6.24. The minimum Gasteiger partial charge on any atom is -0.493 e. The number of hydrogen-bond donors (Lipinski definition) is 1. The Hall–Kier alpha value is -0.640. The molecule has 19 heavy (non-hydrogen) atoms. The molecule has 110 valence electrons. The van der Waals surface area contributed by atoms with E-state index in [-0.39, 0.29) is 12.4 Å². The SMILES string of the molecule is CCCNCc1cc(OC)c(OCCC)cc1Cl.Cl. The maximum atomic E-state index is 6.24. The zero-order valence-corrected chi connectivity index (χ0v) is 13.4. The Morgan fingerprint density at radius 1 is 1.16 bits per heavy atom. The molecule has 5 heteroatoms. The molecule has 0 unspecified atom stereocenters. The summed E-state index contributed by atoms with van der Waals surface area (Å²) in [6, 6.07) is 3.77. The number of hydrogen-bond acceptors (Lipinski definition) is 3. The minimum atomic E-state index is 0. The standard InChI is InChI=1S/C14H22ClNO2.ClH/c1-4-6-16-10-11-8-13(17-3)14(9-12(11)15)18-7-5-2;/h8-9,16H,4-7,10H2,1-3H3;1H. The van der Waals surface area contributed by atoms with Gasteiger partial charge in [0.15, 0.2) is 11.5 Å². The van der Waals surface area contributed by atoms with E-state index >= 15 is 0 Å². The molecule has 0 radical (unpaired) electrons. The van der Waals surface area contributed by atoms with Gasteiger partial charge in [-0.15, -0.1) is 12.4 Å². The fourth-order valence-electron chi connectivity index (χ4n) is 1.60. The first-order valence-electron chi connectivity index (χ1n) is 6.42. The van der Waals surface area contributed by atoms with E-state index in [1.807, 2.05) is 12.1 Å². The predicted octanol–water partition coefficient (Wildman–Crippen LogP) is 4.06. The summed E-state index contributed by atoms with van der Waals surface area (Å²) in [5.74, 6) is 1.45. The highest BCUT2D eigenvalue weighted by molar-refractivity contribution is 6.31. The lowest BCUT2D eigenvalue weighted by Crippen LogP contribution is -2.14. The fourth-order valence-corrected chi connectivity index (χ4v) is 1.82. The number of nitrogens with one attached hydrogen (secondary N) is 1. The Morgan fingerprint density at radius 2 is 1.89 bits per heavy atom. The van der Waals surface area contributed by atoms with E-state index in [0.29, 0.717) is 17.4 Å². The van der Waals surface area contributed by atoms with Crippen LogP contribution in [0.5, 0.6) is 11.5 Å². The van der Waals surface area contributed by atoms with Crippen LogP contribution >= 0.6 is 24.0 Å². The first kappa shape index (κ1) is 18.4.